The summed E-state index contributed by atoms with van der Waals surface area (Å²) in [7, 11) is 0. The maximum atomic E-state index is 12.8. The van der Waals surface area contributed by atoms with E-state index in [-0.39, 0.29) is 0 Å². The number of aliphatic hydroxyl groups excluding tert-OH is 3. The monoisotopic (exact) mass is 1140 g/mol. The molecule has 10 aromatic rings. The van der Waals surface area contributed by atoms with Crippen LogP contribution in [0.2, 0.25) is 0 Å². The lowest BCUT2D eigenvalue weighted by atomic mass is 9.70. The third-order valence-electron chi connectivity index (χ3n) is 14.8. The van der Waals surface area contributed by atoms with E-state index in [2.05, 4.69) is 0 Å². The van der Waals surface area contributed by atoms with Gasteiger partial charge in [0.05, 0.1) is 33.2 Å². The van der Waals surface area contributed by atoms with Gasteiger partial charge in [-0.1, -0.05) is 0 Å². The summed E-state index contributed by atoms with van der Waals surface area (Å²) < 4.78 is 5.48. The molecule has 30 N–H and O–H groups in total. The standard InChI is InChI=1S/C51H34O31/c1-51(81)19(35(67)34(66)18(50(51)80)11-9-8(26(58)40(72)41(73)27(9)59)10-15(20(11)52)30(62)44(76)42(74)28(10)60)3-6-4(22(54)36(68)38(70)24(6)56)2(5-7(3)25(57)39(71)37(69)23(5)55)14-21(53)17-13-12-16(31(63)45(77)43(75)29(12)61)33(65)46(78)48(13)82-49(17)47(79)32(14)64/h19,52-81H,1H3. The van der Waals surface area contributed by atoms with Crippen LogP contribution in [0.25, 0.3) is 92.5 Å². The fourth-order valence-corrected chi connectivity index (χ4v) is 11.1. The van der Waals surface area contributed by atoms with Crippen molar-refractivity contribution in [1.82, 2.24) is 0 Å². The van der Waals surface area contributed by atoms with E-state index < -0.39 is 282 Å². The molecule has 1 heterocycles. The minimum atomic E-state index is -3.65. The quantitative estimate of drug-likeness (QED) is 0.0449. The van der Waals surface area contributed by atoms with Crippen molar-refractivity contribution in [1.29, 1.82) is 0 Å². The second-order valence-corrected chi connectivity index (χ2v) is 18.9. The van der Waals surface area contributed by atoms with Crippen molar-refractivity contribution in [3.05, 3.63) is 28.4 Å². The number of benzene rings is 9. The molecule has 0 aliphatic heterocycles. The summed E-state index contributed by atoms with van der Waals surface area (Å²) >= 11 is 0. The number of fused-ring (bicyclic) bond motifs is 10. The Hall–Kier alpha value is -12.3. The minimum absolute atomic E-state index is 0.458. The maximum Gasteiger partial charge on any atom is 0.205 e. The van der Waals surface area contributed by atoms with Crippen molar-refractivity contribution in [2.24, 2.45) is 0 Å². The lowest BCUT2D eigenvalue weighted by Gasteiger charge is -2.39. The van der Waals surface area contributed by atoms with Gasteiger partial charge >= 0.3 is 0 Å². The zero-order chi connectivity index (χ0) is 60.5. The summed E-state index contributed by atoms with van der Waals surface area (Å²) in [6, 6.07) is 0. The minimum Gasteiger partial charge on any atom is -0.508 e. The van der Waals surface area contributed by atoms with Crippen molar-refractivity contribution >= 4 is 81.4 Å². The van der Waals surface area contributed by atoms with E-state index in [1.54, 1.807) is 0 Å². The van der Waals surface area contributed by atoms with Crippen molar-refractivity contribution in [3.8, 4) is 161 Å². The molecule has 31 nitrogen and oxygen atoms in total. The zero-order valence-electron chi connectivity index (χ0n) is 39.9. The summed E-state index contributed by atoms with van der Waals surface area (Å²) in [4.78, 5) is 0. The number of aromatic hydroxyl groups is 26. The van der Waals surface area contributed by atoms with Crippen molar-refractivity contribution in [2.75, 3.05) is 0 Å². The van der Waals surface area contributed by atoms with Gasteiger partial charge in [-0.25, -0.2) is 0 Å². The summed E-state index contributed by atoms with van der Waals surface area (Å²) in [6.45, 7) is 0.458. The van der Waals surface area contributed by atoms with E-state index in [9.17, 15) is 153 Å². The second kappa shape index (κ2) is 15.7. The lowest BCUT2D eigenvalue weighted by Crippen LogP contribution is -2.40. The van der Waals surface area contributed by atoms with E-state index >= 15 is 0 Å². The van der Waals surface area contributed by atoms with E-state index in [0.29, 0.717) is 6.92 Å². The lowest BCUT2D eigenvalue weighted by molar-refractivity contribution is 0.0205. The van der Waals surface area contributed by atoms with Crippen LogP contribution in [0.15, 0.2) is 21.7 Å². The molecule has 1 aromatic heterocycles. The topological polar surface area (TPSA) is 620 Å². The molecule has 1 aliphatic carbocycles. The van der Waals surface area contributed by atoms with Gasteiger partial charge in [0.1, 0.15) is 28.6 Å². The molecule has 0 bridgehead atoms. The SMILES string of the molecule is CC1(O)C(O)=C(c2c(O)c3c(O)c(O)c(O)c(O)c3c3c(O)c(O)c(O)c(O)c23)C(O)=C(O)C1c1c2c(O)c(O)c(O)c(O)c2c(-c2c(O)c(O)c3oc4c(O)c(O)c5c(O)c(O)c(O)c(O)c5c4c3c2O)c2c(O)c(O)c(O)c(O)c12. The average molecular weight is 1140 g/mol. The van der Waals surface area contributed by atoms with Gasteiger partial charge in [0, 0.05) is 59.6 Å². The molecule has 0 saturated heterocycles. The van der Waals surface area contributed by atoms with Gasteiger partial charge in [0.25, 0.3) is 0 Å². The van der Waals surface area contributed by atoms with E-state index in [0.717, 1.165) is 0 Å². The molecule has 2 unspecified atom stereocenters. The molecule has 0 fully saturated rings. The predicted molar refractivity (Wildman–Crippen MR) is 272 cm³/mol. The Labute approximate surface area is 445 Å². The number of hydrogen-bond donors (Lipinski definition) is 30. The summed E-state index contributed by atoms with van der Waals surface area (Å²) in [6.07, 6.45) is 0. The molecular weight excluding hydrogens is 1110 g/mol. The van der Waals surface area contributed by atoms with Crippen LogP contribution < -0.4 is 0 Å². The van der Waals surface area contributed by atoms with Crippen molar-refractivity contribution < 1.29 is 158 Å². The molecule has 0 spiro atoms. The van der Waals surface area contributed by atoms with E-state index in [4.69, 9.17) is 4.42 Å². The smallest absolute Gasteiger partial charge is 0.205 e. The number of furan rings is 1. The second-order valence-electron chi connectivity index (χ2n) is 18.9. The number of rotatable bonds is 3. The van der Waals surface area contributed by atoms with Crippen LogP contribution in [0.4, 0.5) is 0 Å². The molecule has 1 aliphatic rings. The molecule has 82 heavy (non-hydrogen) atoms. The number of phenols is 26. The van der Waals surface area contributed by atoms with Gasteiger partial charge in [0.15, 0.2) is 85.9 Å². The van der Waals surface area contributed by atoms with Crippen LogP contribution >= 0.6 is 0 Å². The Kier molecular flexibility index (Phi) is 9.91. The van der Waals surface area contributed by atoms with Crippen LogP contribution in [0.1, 0.15) is 24.0 Å². The van der Waals surface area contributed by atoms with Crippen molar-refractivity contribution in [2.45, 2.75) is 18.4 Å². The van der Waals surface area contributed by atoms with Crippen LogP contribution in [0.5, 0.6) is 149 Å². The average Bonchev–Trinajstić information content (AvgIpc) is 3.48. The molecular formula is C51H34O31. The first-order chi connectivity index (χ1) is 38.1. The normalized spacial score (nSPS) is 16.0. The summed E-state index contributed by atoms with van der Waals surface area (Å²) in [5.41, 5.74) is -13.3. The van der Waals surface area contributed by atoms with Gasteiger partial charge in [-0.3, -0.25) is 0 Å². The predicted octanol–water partition coefficient (Wildman–Crippen LogP) is 5.51. The zero-order valence-corrected chi connectivity index (χ0v) is 39.9. The molecule has 0 amide bonds. The van der Waals surface area contributed by atoms with Gasteiger partial charge in [-0.15, -0.1) is 0 Å². The number of aliphatic hydroxyl groups is 4. The molecule has 11 rings (SSSR count). The first kappa shape index (κ1) is 51.8. The largest absolute Gasteiger partial charge is 0.508 e. The Morgan fingerprint density at radius 2 is 0.537 bits per heavy atom. The number of hydrogen-bond acceptors (Lipinski definition) is 31. The third kappa shape index (κ3) is 5.61. The van der Waals surface area contributed by atoms with Gasteiger partial charge < -0.3 is 158 Å². The first-order valence-corrected chi connectivity index (χ1v) is 22.5. The highest BCUT2D eigenvalue weighted by Crippen LogP contribution is 2.69. The Balaban J connectivity index is 1.35. The van der Waals surface area contributed by atoms with Gasteiger partial charge in [0.2, 0.25) is 69.0 Å². The van der Waals surface area contributed by atoms with Crippen LogP contribution in [0, 0.1) is 0 Å². The van der Waals surface area contributed by atoms with Crippen LogP contribution in [-0.4, -0.2) is 159 Å². The van der Waals surface area contributed by atoms with Gasteiger partial charge in [-0.2, -0.15) is 0 Å². The Morgan fingerprint density at radius 1 is 0.256 bits per heavy atom. The molecule has 424 valence electrons. The summed E-state index contributed by atoms with van der Waals surface area (Å²) in [5.74, 6) is -51.7. The number of allylic oxidation sites excluding steroid dienone is 1. The fourth-order valence-electron chi connectivity index (χ4n) is 11.1. The van der Waals surface area contributed by atoms with Crippen molar-refractivity contribution in [3.63, 3.8) is 0 Å². The summed E-state index contributed by atoms with van der Waals surface area (Å²) in [5, 5.41) is 327. The highest BCUT2D eigenvalue weighted by molar-refractivity contribution is 6.32. The van der Waals surface area contributed by atoms with E-state index in [1.165, 1.54) is 0 Å². The Morgan fingerprint density at radius 3 is 0.951 bits per heavy atom. The fraction of sp³-hybridized carbons (Fsp3) is 0.0588. The number of phenolic OH excluding ortho intramolecular Hbond substituents is 26. The molecule has 31 heteroatoms. The third-order valence-corrected chi connectivity index (χ3v) is 14.8. The Bertz CT molecular complexity index is 4790. The van der Waals surface area contributed by atoms with Crippen LogP contribution in [-0.2, 0) is 0 Å². The maximum absolute atomic E-state index is 12.8. The molecule has 2 atom stereocenters. The molecule has 9 aromatic carbocycles. The highest BCUT2D eigenvalue weighted by Gasteiger charge is 2.52. The highest BCUT2D eigenvalue weighted by atomic mass is 16.4. The first-order valence-electron chi connectivity index (χ1n) is 22.5. The van der Waals surface area contributed by atoms with Crippen LogP contribution in [0.3, 0.4) is 0 Å². The molecule has 0 radical (unpaired) electrons. The van der Waals surface area contributed by atoms with Gasteiger partial charge in [-0.05, 0) is 12.5 Å². The van der Waals surface area contributed by atoms with E-state index in [1.807, 2.05) is 0 Å². The molecule has 0 saturated carbocycles.